The Morgan fingerprint density at radius 1 is 1.20 bits per heavy atom. The van der Waals surface area contributed by atoms with Crippen molar-refractivity contribution in [2.24, 2.45) is 19.1 Å². The Balaban J connectivity index is 2.32. The molecule has 0 spiro atoms. The molecule has 0 unspecified atom stereocenters. The number of methoxy groups -OCH3 is 1. The van der Waals surface area contributed by atoms with Gasteiger partial charge in [0.1, 0.15) is 5.56 Å². The molecule has 8 nitrogen and oxygen atoms in total. The third-order valence-electron chi connectivity index (χ3n) is 4.02. The van der Waals surface area contributed by atoms with E-state index in [0.29, 0.717) is 16.8 Å². The molecule has 3 rings (SSSR count). The molecule has 1 N–H and O–H groups in total. The van der Waals surface area contributed by atoms with E-state index in [1.54, 1.807) is 24.3 Å². The second kappa shape index (κ2) is 5.90. The fraction of sp³-hybridized carbons (Fsp3) is 0.176. The van der Waals surface area contributed by atoms with Gasteiger partial charge in [-0.2, -0.15) is 0 Å². The third kappa shape index (κ3) is 2.47. The van der Waals surface area contributed by atoms with Crippen molar-refractivity contribution < 1.29 is 14.6 Å². The summed E-state index contributed by atoms with van der Waals surface area (Å²) in [6.45, 7) is 0. The highest BCUT2D eigenvalue weighted by molar-refractivity contribution is 6.58. The lowest BCUT2D eigenvalue weighted by atomic mass is 10.0. The van der Waals surface area contributed by atoms with Gasteiger partial charge in [-0.3, -0.25) is 13.9 Å². The molecule has 0 amide bonds. The fourth-order valence-electron chi connectivity index (χ4n) is 2.64. The van der Waals surface area contributed by atoms with Gasteiger partial charge in [0, 0.05) is 25.2 Å². The van der Waals surface area contributed by atoms with Crippen molar-refractivity contribution in [3.8, 4) is 5.88 Å². The number of ether oxygens (including phenoxy) is 1. The minimum absolute atomic E-state index is 0.0269. The number of fused-ring (bicyclic) bond motifs is 1. The second-order valence-corrected chi connectivity index (χ2v) is 5.47. The number of carbonyl (C=O) groups excluding carboxylic acids is 1. The summed E-state index contributed by atoms with van der Waals surface area (Å²) in [5.74, 6) is -1.15. The van der Waals surface area contributed by atoms with E-state index in [-0.39, 0.29) is 11.3 Å². The molecule has 0 saturated carbocycles. The van der Waals surface area contributed by atoms with E-state index < -0.39 is 23.1 Å². The average Bonchev–Trinajstić information content (AvgIpc) is 2.99. The Bertz CT molecular complexity index is 1070. The van der Waals surface area contributed by atoms with Gasteiger partial charge in [0.15, 0.2) is 5.71 Å². The van der Waals surface area contributed by atoms with Gasteiger partial charge in [-0.05, 0) is 12.1 Å². The maximum atomic E-state index is 12.4. The van der Waals surface area contributed by atoms with Crippen molar-refractivity contribution in [3.05, 3.63) is 56.2 Å². The molecule has 128 valence electrons. The minimum Gasteiger partial charge on any atom is -0.494 e. The van der Waals surface area contributed by atoms with Gasteiger partial charge in [0.2, 0.25) is 5.88 Å². The zero-order chi connectivity index (χ0) is 18.3. The number of esters is 1. The molecule has 0 saturated heterocycles. The molecule has 0 aliphatic carbocycles. The predicted molar refractivity (Wildman–Crippen MR) is 92.0 cm³/mol. The zero-order valence-corrected chi connectivity index (χ0v) is 13.8. The van der Waals surface area contributed by atoms with Crippen molar-refractivity contribution in [3.63, 3.8) is 0 Å². The van der Waals surface area contributed by atoms with Crippen LogP contribution in [0.1, 0.15) is 11.1 Å². The number of aliphatic imine (C=N–C) groups is 1. The number of rotatable bonds is 2. The minimum atomic E-state index is -0.679. The summed E-state index contributed by atoms with van der Waals surface area (Å²) in [5, 5.41) is 10.2. The first-order valence-corrected chi connectivity index (χ1v) is 7.34. The van der Waals surface area contributed by atoms with Gasteiger partial charge in [-0.15, -0.1) is 0 Å². The zero-order valence-electron chi connectivity index (χ0n) is 13.8. The summed E-state index contributed by atoms with van der Waals surface area (Å²) in [6.07, 6.45) is 1.35. The normalized spacial score (nSPS) is 14.4. The monoisotopic (exact) mass is 341 g/mol. The van der Waals surface area contributed by atoms with Crippen LogP contribution in [0.3, 0.4) is 0 Å². The number of aromatic nitrogens is 2. The molecular formula is C17H15N3O5. The lowest BCUT2D eigenvalue weighted by Crippen LogP contribution is -2.38. The number of hydrogen-bond acceptors (Lipinski definition) is 6. The molecule has 1 aromatic heterocycles. The summed E-state index contributed by atoms with van der Waals surface area (Å²) in [5.41, 5.74) is 0.0916. The molecular weight excluding hydrogens is 326 g/mol. The summed E-state index contributed by atoms with van der Waals surface area (Å²) >= 11 is 0. The number of hydrogen-bond donors (Lipinski definition) is 1. The van der Waals surface area contributed by atoms with Crippen LogP contribution in [0.25, 0.3) is 11.6 Å². The number of nitrogens with zero attached hydrogens (tertiary/aromatic N) is 3. The van der Waals surface area contributed by atoms with E-state index in [1.165, 1.54) is 27.3 Å². The van der Waals surface area contributed by atoms with Crippen molar-refractivity contribution >= 4 is 29.0 Å². The lowest BCUT2D eigenvalue weighted by Gasteiger charge is -2.09. The summed E-state index contributed by atoms with van der Waals surface area (Å²) in [7, 11) is 3.88. The molecule has 8 heteroatoms. The Kier molecular flexibility index (Phi) is 3.88. The van der Waals surface area contributed by atoms with Gasteiger partial charge in [0.05, 0.1) is 12.8 Å². The number of benzene rings is 1. The molecule has 1 aliphatic heterocycles. The highest BCUT2D eigenvalue weighted by Gasteiger charge is 2.28. The van der Waals surface area contributed by atoms with Crippen LogP contribution < -0.4 is 11.2 Å². The van der Waals surface area contributed by atoms with Crippen LogP contribution >= 0.6 is 0 Å². The predicted octanol–water partition coefficient (Wildman–Crippen LogP) is 0.589. The first-order chi connectivity index (χ1) is 11.9. The first kappa shape index (κ1) is 16.4. The van der Waals surface area contributed by atoms with E-state index in [9.17, 15) is 19.5 Å². The maximum Gasteiger partial charge on any atom is 0.357 e. The van der Waals surface area contributed by atoms with E-state index in [0.717, 1.165) is 9.13 Å². The van der Waals surface area contributed by atoms with Crippen LogP contribution in [0.5, 0.6) is 5.88 Å². The van der Waals surface area contributed by atoms with Gasteiger partial charge in [0.25, 0.3) is 5.56 Å². The molecule has 0 bridgehead atoms. The summed E-state index contributed by atoms with van der Waals surface area (Å²) in [6, 6.07) is 6.99. The van der Waals surface area contributed by atoms with Crippen LogP contribution in [-0.2, 0) is 23.6 Å². The molecule has 25 heavy (non-hydrogen) atoms. The molecule has 2 heterocycles. The van der Waals surface area contributed by atoms with E-state index in [1.807, 2.05) is 0 Å². The Hall–Kier alpha value is -3.42. The highest BCUT2D eigenvalue weighted by Crippen LogP contribution is 2.36. The number of carbonyl (C=O) groups is 1. The third-order valence-corrected chi connectivity index (χ3v) is 4.02. The van der Waals surface area contributed by atoms with Gasteiger partial charge >= 0.3 is 11.7 Å². The van der Waals surface area contributed by atoms with Crippen molar-refractivity contribution in [2.45, 2.75) is 0 Å². The SMILES string of the molecule is COC(=O)C1=Nc2ccccc2/C1=C\c1c(O)n(C)c(=O)n(C)c1=O. The number of para-hydroxylation sites is 1. The molecule has 0 radical (unpaired) electrons. The van der Waals surface area contributed by atoms with E-state index >= 15 is 0 Å². The van der Waals surface area contributed by atoms with E-state index in [4.69, 9.17) is 4.74 Å². The van der Waals surface area contributed by atoms with Crippen LogP contribution in [-0.4, -0.2) is 33.0 Å². The second-order valence-electron chi connectivity index (χ2n) is 5.47. The fourth-order valence-corrected chi connectivity index (χ4v) is 2.64. The van der Waals surface area contributed by atoms with Crippen molar-refractivity contribution in [2.75, 3.05) is 7.11 Å². The standard InChI is InChI=1S/C17H15N3O5/c1-19-14(21)11(15(22)20(2)17(19)24)8-10-9-6-4-5-7-12(9)18-13(10)16(23)25-3/h4-8,21H,1-3H3/b10-8+. The van der Waals surface area contributed by atoms with Crippen LogP contribution in [0.4, 0.5) is 5.69 Å². The van der Waals surface area contributed by atoms with Crippen LogP contribution in [0.15, 0.2) is 38.8 Å². The van der Waals surface area contributed by atoms with Gasteiger partial charge < -0.3 is 9.84 Å². The topological polar surface area (TPSA) is 103 Å². The molecule has 1 aromatic carbocycles. The largest absolute Gasteiger partial charge is 0.494 e. The Labute approximate surface area is 141 Å². The quantitative estimate of drug-likeness (QED) is 0.805. The van der Waals surface area contributed by atoms with Crippen molar-refractivity contribution in [1.29, 1.82) is 0 Å². The van der Waals surface area contributed by atoms with Crippen LogP contribution in [0, 0.1) is 0 Å². The lowest BCUT2D eigenvalue weighted by molar-refractivity contribution is -0.132. The summed E-state index contributed by atoms with van der Waals surface area (Å²) < 4.78 is 6.57. The van der Waals surface area contributed by atoms with E-state index in [2.05, 4.69) is 4.99 Å². The van der Waals surface area contributed by atoms with Gasteiger partial charge in [-0.25, -0.2) is 14.6 Å². The average molecular weight is 341 g/mol. The Morgan fingerprint density at radius 2 is 1.88 bits per heavy atom. The molecule has 1 aliphatic rings. The smallest absolute Gasteiger partial charge is 0.357 e. The maximum absolute atomic E-state index is 12.4. The first-order valence-electron chi connectivity index (χ1n) is 7.34. The molecule has 2 aromatic rings. The van der Waals surface area contributed by atoms with Crippen LogP contribution in [0.2, 0.25) is 0 Å². The molecule has 0 fully saturated rings. The highest BCUT2D eigenvalue weighted by atomic mass is 16.5. The van der Waals surface area contributed by atoms with Gasteiger partial charge in [-0.1, -0.05) is 18.2 Å². The Morgan fingerprint density at radius 3 is 2.56 bits per heavy atom. The molecule has 0 atom stereocenters. The summed E-state index contributed by atoms with van der Waals surface area (Å²) in [4.78, 5) is 40.5. The van der Waals surface area contributed by atoms with Crippen molar-refractivity contribution in [1.82, 2.24) is 9.13 Å². The number of aromatic hydroxyl groups is 1.